The van der Waals surface area contributed by atoms with Crippen LogP contribution in [0.25, 0.3) is 0 Å². The second-order valence-electron chi connectivity index (χ2n) is 5.87. The van der Waals surface area contributed by atoms with Gasteiger partial charge in [0, 0.05) is 13.1 Å². The van der Waals surface area contributed by atoms with Crippen molar-refractivity contribution in [2.75, 3.05) is 32.5 Å². The fourth-order valence-corrected chi connectivity index (χ4v) is 2.34. The molecule has 0 fully saturated rings. The molecule has 1 atom stereocenters. The third-order valence-electron chi connectivity index (χ3n) is 3.02. The van der Waals surface area contributed by atoms with Gasteiger partial charge in [0.2, 0.25) is 0 Å². The predicted molar refractivity (Wildman–Crippen MR) is 88.7 cm³/mol. The summed E-state index contributed by atoms with van der Waals surface area (Å²) >= 11 is 3.31. The number of rotatable bonds is 8. The average Bonchev–Trinajstić information content (AvgIpc) is 2.38. The molecule has 120 valence electrons. The van der Waals surface area contributed by atoms with Crippen molar-refractivity contribution in [3.63, 3.8) is 0 Å². The molecule has 1 heterocycles. The number of nitrogens with zero attached hydrogens (tertiary/aromatic N) is 3. The maximum absolute atomic E-state index is 12.2. The molecule has 1 rings (SSSR count). The van der Waals surface area contributed by atoms with Crippen LogP contribution in [0.4, 0.5) is 5.69 Å². The van der Waals surface area contributed by atoms with E-state index in [-0.39, 0.29) is 5.56 Å². The summed E-state index contributed by atoms with van der Waals surface area (Å²) < 4.78 is 1.88. The summed E-state index contributed by atoms with van der Waals surface area (Å²) in [5, 5.41) is 17.1. The van der Waals surface area contributed by atoms with E-state index in [1.54, 1.807) is 6.20 Å². The van der Waals surface area contributed by atoms with Crippen molar-refractivity contribution in [2.45, 2.75) is 32.9 Å². The minimum Gasteiger partial charge on any atom is -0.391 e. The average molecular weight is 361 g/mol. The standard InChI is InChI=1S/C14H25BrN4O2/c1-10(2)7-11(20)8-16-12-9-17-19(6-5-18(3)4)14(21)13(12)15/h9-11,16,20H,5-8H2,1-4H3. The van der Waals surface area contributed by atoms with Gasteiger partial charge in [0.15, 0.2) is 0 Å². The number of anilines is 1. The Balaban J connectivity index is 2.69. The molecule has 0 aromatic carbocycles. The SMILES string of the molecule is CC(C)CC(O)CNc1cnn(CCN(C)C)c(=O)c1Br. The lowest BCUT2D eigenvalue weighted by Gasteiger charge is -2.16. The summed E-state index contributed by atoms with van der Waals surface area (Å²) in [6.45, 7) is 5.82. The minimum absolute atomic E-state index is 0.166. The van der Waals surface area contributed by atoms with Crippen molar-refractivity contribution in [3.05, 3.63) is 21.0 Å². The molecule has 2 N–H and O–H groups in total. The first-order chi connectivity index (χ1) is 9.81. The number of halogens is 1. The van der Waals surface area contributed by atoms with Gasteiger partial charge in [-0.3, -0.25) is 4.79 Å². The smallest absolute Gasteiger partial charge is 0.283 e. The molecule has 0 aliphatic heterocycles. The Labute approximate surface area is 134 Å². The molecule has 6 nitrogen and oxygen atoms in total. The highest BCUT2D eigenvalue weighted by molar-refractivity contribution is 9.10. The lowest BCUT2D eigenvalue weighted by molar-refractivity contribution is 0.161. The minimum atomic E-state index is -0.437. The molecule has 1 aromatic rings. The van der Waals surface area contributed by atoms with Gasteiger partial charge in [0.25, 0.3) is 5.56 Å². The van der Waals surface area contributed by atoms with E-state index >= 15 is 0 Å². The van der Waals surface area contributed by atoms with Gasteiger partial charge in [0.05, 0.1) is 24.5 Å². The second-order valence-corrected chi connectivity index (χ2v) is 6.66. The summed E-state index contributed by atoms with van der Waals surface area (Å²) in [5.41, 5.74) is 0.448. The van der Waals surface area contributed by atoms with Crippen molar-refractivity contribution in [1.82, 2.24) is 14.7 Å². The third-order valence-corrected chi connectivity index (χ3v) is 3.78. The quantitative estimate of drug-likeness (QED) is 0.732. The lowest BCUT2D eigenvalue weighted by atomic mass is 10.1. The number of aromatic nitrogens is 2. The number of aliphatic hydroxyl groups is 1. The van der Waals surface area contributed by atoms with Crippen LogP contribution < -0.4 is 10.9 Å². The summed E-state index contributed by atoms with van der Waals surface area (Å²) in [6.07, 6.45) is 1.90. The maximum Gasteiger partial charge on any atom is 0.283 e. The zero-order valence-electron chi connectivity index (χ0n) is 13.1. The van der Waals surface area contributed by atoms with Crippen LogP contribution >= 0.6 is 15.9 Å². The highest BCUT2D eigenvalue weighted by Gasteiger charge is 2.11. The molecule has 21 heavy (non-hydrogen) atoms. The molecule has 0 bridgehead atoms. The molecule has 7 heteroatoms. The van der Waals surface area contributed by atoms with E-state index < -0.39 is 6.10 Å². The molecule has 0 amide bonds. The van der Waals surface area contributed by atoms with Gasteiger partial charge in [-0.1, -0.05) is 13.8 Å². The fourth-order valence-electron chi connectivity index (χ4n) is 1.90. The lowest BCUT2D eigenvalue weighted by Crippen LogP contribution is -2.30. The number of hydrogen-bond donors (Lipinski definition) is 2. The van der Waals surface area contributed by atoms with Gasteiger partial charge in [-0.05, 0) is 42.4 Å². The van der Waals surface area contributed by atoms with Gasteiger partial charge in [-0.15, -0.1) is 0 Å². The normalized spacial score (nSPS) is 13.0. The molecule has 0 spiro atoms. The molecule has 0 radical (unpaired) electrons. The third kappa shape index (κ3) is 6.15. The van der Waals surface area contributed by atoms with Gasteiger partial charge in [0.1, 0.15) is 4.47 Å². The molecule has 1 aromatic heterocycles. The molecule has 1 unspecified atom stereocenters. The van der Waals surface area contributed by atoms with E-state index in [1.165, 1.54) is 4.68 Å². The maximum atomic E-state index is 12.2. The van der Waals surface area contributed by atoms with Crippen molar-refractivity contribution in [1.29, 1.82) is 0 Å². The molecule has 0 aliphatic carbocycles. The zero-order chi connectivity index (χ0) is 16.0. The molecule has 0 aliphatic rings. The summed E-state index contributed by atoms with van der Waals surface area (Å²) in [4.78, 5) is 14.2. The van der Waals surface area contributed by atoms with Crippen molar-refractivity contribution >= 4 is 21.6 Å². The van der Waals surface area contributed by atoms with Gasteiger partial charge in [-0.2, -0.15) is 5.10 Å². The van der Waals surface area contributed by atoms with Gasteiger partial charge < -0.3 is 15.3 Å². The van der Waals surface area contributed by atoms with Gasteiger partial charge >= 0.3 is 0 Å². The second kappa shape index (κ2) is 8.51. The Morgan fingerprint density at radius 2 is 2.14 bits per heavy atom. The van der Waals surface area contributed by atoms with E-state index in [2.05, 4.69) is 40.2 Å². The van der Waals surface area contributed by atoms with E-state index in [0.29, 0.717) is 29.2 Å². The summed E-state index contributed by atoms with van der Waals surface area (Å²) in [6, 6.07) is 0. The number of hydrogen-bond acceptors (Lipinski definition) is 5. The van der Waals surface area contributed by atoms with Crippen LogP contribution in [-0.4, -0.2) is 53.1 Å². The Bertz CT molecular complexity index is 502. The Hall–Kier alpha value is -0.920. The van der Waals surface area contributed by atoms with E-state index in [1.807, 2.05) is 19.0 Å². The topological polar surface area (TPSA) is 70.4 Å². The molecular formula is C14H25BrN4O2. The summed E-state index contributed by atoms with van der Waals surface area (Å²) in [7, 11) is 3.90. The van der Waals surface area contributed by atoms with Crippen LogP contribution in [0.2, 0.25) is 0 Å². The van der Waals surface area contributed by atoms with Crippen LogP contribution in [0, 0.1) is 5.92 Å². The molecular weight excluding hydrogens is 336 g/mol. The van der Waals surface area contributed by atoms with Crippen molar-refractivity contribution in [3.8, 4) is 0 Å². The first-order valence-electron chi connectivity index (χ1n) is 7.13. The number of likely N-dealkylation sites (N-methyl/N-ethyl adjacent to an activating group) is 1. The van der Waals surface area contributed by atoms with Crippen LogP contribution in [0.15, 0.2) is 15.5 Å². The predicted octanol–water partition coefficient (Wildman–Crippen LogP) is 1.39. The van der Waals surface area contributed by atoms with Crippen LogP contribution in [0.5, 0.6) is 0 Å². The Kier molecular flexibility index (Phi) is 7.34. The van der Waals surface area contributed by atoms with Crippen LogP contribution in [-0.2, 0) is 6.54 Å². The van der Waals surface area contributed by atoms with Crippen molar-refractivity contribution in [2.24, 2.45) is 5.92 Å². The van der Waals surface area contributed by atoms with Crippen LogP contribution in [0.3, 0.4) is 0 Å². The van der Waals surface area contributed by atoms with Crippen molar-refractivity contribution < 1.29 is 5.11 Å². The zero-order valence-corrected chi connectivity index (χ0v) is 14.7. The Morgan fingerprint density at radius 3 is 2.71 bits per heavy atom. The van der Waals surface area contributed by atoms with E-state index in [0.717, 1.165) is 13.0 Å². The van der Waals surface area contributed by atoms with E-state index in [4.69, 9.17) is 0 Å². The first-order valence-corrected chi connectivity index (χ1v) is 7.92. The fraction of sp³-hybridized carbons (Fsp3) is 0.714. The van der Waals surface area contributed by atoms with E-state index in [9.17, 15) is 9.90 Å². The Morgan fingerprint density at radius 1 is 1.48 bits per heavy atom. The number of nitrogens with one attached hydrogen (secondary N) is 1. The van der Waals surface area contributed by atoms with Gasteiger partial charge in [-0.25, -0.2) is 4.68 Å². The highest BCUT2D eigenvalue weighted by Crippen LogP contribution is 2.16. The van der Waals surface area contributed by atoms with Crippen LogP contribution in [0.1, 0.15) is 20.3 Å². The largest absolute Gasteiger partial charge is 0.391 e. The first kappa shape index (κ1) is 18.1. The molecule has 0 saturated heterocycles. The summed E-state index contributed by atoms with van der Waals surface area (Å²) in [5.74, 6) is 0.433. The molecule has 0 saturated carbocycles. The number of aliphatic hydroxyl groups excluding tert-OH is 1. The highest BCUT2D eigenvalue weighted by atomic mass is 79.9. The monoisotopic (exact) mass is 360 g/mol.